The summed E-state index contributed by atoms with van der Waals surface area (Å²) in [6.07, 6.45) is 0. The van der Waals surface area contributed by atoms with Gasteiger partial charge in [0.1, 0.15) is 0 Å². The molecule has 6 heteroatoms. The molecule has 0 aromatic heterocycles. The molecule has 0 bridgehead atoms. The molecule has 4 nitrogen and oxygen atoms in total. The van der Waals surface area contributed by atoms with E-state index in [1.807, 2.05) is 0 Å². The maximum atomic E-state index is 0. The monoisotopic (exact) mass is 108 g/mol. The third-order valence-corrected chi connectivity index (χ3v) is 0. The average molecular weight is 108 g/mol. The summed E-state index contributed by atoms with van der Waals surface area (Å²) in [5.41, 5.74) is 0. The van der Waals surface area contributed by atoms with E-state index in [1.54, 1.807) is 0 Å². The van der Waals surface area contributed by atoms with Crippen LogP contribution < -0.4 is 37.7 Å². The zero-order chi connectivity index (χ0) is 0. The molecule has 0 heterocycles. The molecule has 7 heavy (non-hydrogen) atoms. The predicted octanol–water partition coefficient (Wildman–Crippen LogP) is -7.16. The third-order valence-electron chi connectivity index (χ3n) is 0. The minimum absolute atomic E-state index is 0. The van der Waals surface area contributed by atoms with Crippen LogP contribution in [-0.2, 0) is 0 Å². The van der Waals surface area contributed by atoms with Gasteiger partial charge in [-0.2, -0.15) is 0 Å². The minimum atomic E-state index is 0. The molecule has 0 rings (SSSR count). The Morgan fingerprint density at radius 3 is 0.857 bits per heavy atom. The maximum Gasteiger partial charge on any atom is 1.00 e. The first kappa shape index (κ1) is 371. The van der Waals surface area contributed by atoms with E-state index in [0.29, 0.717) is 0 Å². The molecule has 0 aliphatic heterocycles. The second-order valence-electron chi connectivity index (χ2n) is 0. The smallest absolute Gasteiger partial charge is 1.00 e. The molecule has 0 saturated heterocycles. The molecule has 48 valence electrons. The van der Waals surface area contributed by atoms with Crippen molar-refractivity contribution in [3.8, 4) is 0 Å². The fraction of sp³-hybridized carbons (Fsp3) is 1.00. The van der Waals surface area contributed by atoms with Crippen molar-refractivity contribution in [3.63, 3.8) is 0 Å². The Balaban J connectivity index is 0. The standard InChI is InChI=1S/CH4.2Li.4H2O.3H2.H/h1H4;;;4*1H2;3*1H;/q;2*+1;;;;;;;;-1/p-1. The van der Waals surface area contributed by atoms with Crippen LogP contribution in [0, 0.1) is 0 Å². The first-order valence-corrected chi connectivity index (χ1v) is 0. The second kappa shape index (κ2) is 239. The maximum absolute atomic E-state index is 0. The van der Waals surface area contributed by atoms with Gasteiger partial charge < -0.3 is 23.3 Å². The number of rotatable bonds is 0. The third kappa shape index (κ3) is 167. The van der Waals surface area contributed by atoms with E-state index >= 15 is 0 Å². The summed E-state index contributed by atoms with van der Waals surface area (Å²) in [6, 6.07) is 0. The van der Waals surface area contributed by atoms with Gasteiger partial charge in [0.15, 0.2) is 0 Å². The van der Waals surface area contributed by atoms with Gasteiger partial charge in [0, 0.05) is 4.28 Å². The summed E-state index contributed by atoms with van der Waals surface area (Å²) in [4.78, 5) is 0. The Kier molecular flexibility index (Phi) is 12700. The zero-order valence-corrected chi connectivity index (χ0v) is 3.95. The van der Waals surface area contributed by atoms with E-state index in [1.165, 1.54) is 0 Å². The topological polar surface area (TPSA) is 124 Å². The molecule has 0 aliphatic rings. The molecular weight excluding hydrogens is 89.9 g/mol. The Bertz CT molecular complexity index is 20.1. The average Bonchev–Trinajstić information content (AvgIpc) is 0. The van der Waals surface area contributed by atoms with Crippen LogP contribution in [-0.4, -0.2) is 21.9 Å². The Morgan fingerprint density at radius 1 is 0.857 bits per heavy atom. The van der Waals surface area contributed by atoms with Crippen molar-refractivity contribution in [2.45, 2.75) is 7.43 Å². The van der Waals surface area contributed by atoms with Crippen LogP contribution in [0.5, 0.6) is 0 Å². The van der Waals surface area contributed by atoms with Gasteiger partial charge in [0.05, 0.1) is 0 Å². The van der Waals surface area contributed by atoms with Crippen LogP contribution in [0.4, 0.5) is 0 Å². The van der Waals surface area contributed by atoms with Gasteiger partial charge in [-0.1, -0.05) is 7.43 Å². The van der Waals surface area contributed by atoms with Crippen LogP contribution in [0.2, 0.25) is 0 Å². The quantitative estimate of drug-likeness (QED) is 0.281. The first-order valence-electron chi connectivity index (χ1n) is 0. The molecule has 0 aromatic carbocycles. The summed E-state index contributed by atoms with van der Waals surface area (Å²) in [5, 5.41) is 0. The largest absolute Gasteiger partial charge is 1.00 e. The molecule has 0 atom stereocenters. The van der Waals surface area contributed by atoms with E-state index in [4.69, 9.17) is 0 Å². The fourth-order valence-corrected chi connectivity index (χ4v) is 0. The summed E-state index contributed by atoms with van der Waals surface area (Å²) in [7, 11) is 0. The Labute approximate surface area is 73.2 Å². The molecular formula is CH18Li2O4. The molecule has 0 saturated carbocycles. The normalized spacial score (nSPS) is 0. The van der Waals surface area contributed by atoms with Crippen molar-refractivity contribution in [2.24, 2.45) is 0 Å². The first-order chi connectivity index (χ1) is 0. The minimum Gasteiger partial charge on any atom is -1.00 e. The van der Waals surface area contributed by atoms with Crippen LogP contribution in [0.1, 0.15) is 13.1 Å². The number of hydrogen-bond donors (Lipinski definition) is 0. The van der Waals surface area contributed by atoms with Crippen LogP contribution in [0.3, 0.4) is 0 Å². The Hall–Kier alpha value is 1.03. The zero-order valence-electron chi connectivity index (χ0n) is 4.95. The van der Waals surface area contributed by atoms with E-state index in [9.17, 15) is 0 Å². The molecule has 0 aromatic rings. The molecule has 0 fully saturated rings. The van der Waals surface area contributed by atoms with Crippen molar-refractivity contribution < 1.29 is 65.3 Å². The molecule has 0 unspecified atom stereocenters. The summed E-state index contributed by atoms with van der Waals surface area (Å²) in [6.45, 7) is 0. The van der Waals surface area contributed by atoms with Gasteiger partial charge in [-0.05, 0) is 0 Å². The van der Waals surface area contributed by atoms with Crippen molar-refractivity contribution in [2.75, 3.05) is 0 Å². The van der Waals surface area contributed by atoms with Crippen LogP contribution in [0.25, 0.3) is 0 Å². The van der Waals surface area contributed by atoms with Crippen LogP contribution >= 0.6 is 0 Å². The SMILES string of the molecule is C.O.O.O.[H-].[HH].[HH].[HH].[Li+].[Li+].[OH-]. The van der Waals surface area contributed by atoms with Gasteiger partial charge in [-0.15, -0.1) is 0 Å². The van der Waals surface area contributed by atoms with Gasteiger partial charge in [0.25, 0.3) is 0 Å². The van der Waals surface area contributed by atoms with E-state index < -0.39 is 0 Å². The molecule has 0 radical (unpaired) electrons. The van der Waals surface area contributed by atoms with E-state index in [-0.39, 0.29) is 72.8 Å². The molecule has 0 spiro atoms. The van der Waals surface area contributed by atoms with E-state index in [2.05, 4.69) is 0 Å². The van der Waals surface area contributed by atoms with Gasteiger partial charge in [0.2, 0.25) is 0 Å². The number of hydrogen-bond acceptors (Lipinski definition) is 1. The summed E-state index contributed by atoms with van der Waals surface area (Å²) in [5.74, 6) is 0. The fourth-order valence-electron chi connectivity index (χ4n) is 0. The van der Waals surface area contributed by atoms with Crippen molar-refractivity contribution in [1.29, 1.82) is 0 Å². The van der Waals surface area contributed by atoms with Gasteiger partial charge in [-0.25, -0.2) is 0 Å². The van der Waals surface area contributed by atoms with Gasteiger partial charge in [-0.3, -0.25) is 0 Å². The van der Waals surface area contributed by atoms with Crippen molar-refractivity contribution in [1.82, 2.24) is 0 Å². The second-order valence-corrected chi connectivity index (χ2v) is 0. The van der Waals surface area contributed by atoms with E-state index in [0.717, 1.165) is 0 Å². The van der Waals surface area contributed by atoms with Gasteiger partial charge >= 0.3 is 37.7 Å². The molecule has 0 aliphatic carbocycles. The predicted molar refractivity (Wildman–Crippen MR) is 27.0 cm³/mol. The van der Waals surface area contributed by atoms with Crippen LogP contribution in [0.15, 0.2) is 0 Å². The Morgan fingerprint density at radius 2 is 0.857 bits per heavy atom. The van der Waals surface area contributed by atoms with Crippen molar-refractivity contribution in [3.05, 3.63) is 0 Å². The summed E-state index contributed by atoms with van der Waals surface area (Å²) < 4.78 is 0. The summed E-state index contributed by atoms with van der Waals surface area (Å²) >= 11 is 0. The molecule has 7 N–H and O–H groups in total. The van der Waals surface area contributed by atoms with Crippen molar-refractivity contribution >= 4 is 0 Å². The molecule has 0 amide bonds.